The lowest BCUT2D eigenvalue weighted by molar-refractivity contribution is -0.131. The first kappa shape index (κ1) is 18.8. The third-order valence-corrected chi connectivity index (χ3v) is 4.28. The number of thiol groups is 1. The van der Waals surface area contributed by atoms with Gasteiger partial charge in [-0.15, -0.1) is 0 Å². The summed E-state index contributed by atoms with van der Waals surface area (Å²) < 4.78 is 0. The maximum Gasteiger partial charge on any atom is 0.239 e. The predicted molar refractivity (Wildman–Crippen MR) is 87.2 cm³/mol. The monoisotopic (exact) mass is 330 g/mol. The zero-order valence-corrected chi connectivity index (χ0v) is 13.6. The maximum absolute atomic E-state index is 11.8. The van der Waals surface area contributed by atoms with Gasteiger partial charge in [-0.2, -0.15) is 12.6 Å². The molecule has 126 valence electrons. The second-order valence-corrected chi connectivity index (χ2v) is 6.03. The van der Waals surface area contributed by atoms with Gasteiger partial charge in [0.05, 0.1) is 6.04 Å². The van der Waals surface area contributed by atoms with Gasteiger partial charge in [0.25, 0.3) is 0 Å². The molecule has 7 nitrogen and oxygen atoms in total. The highest BCUT2D eigenvalue weighted by molar-refractivity contribution is 7.80. The van der Waals surface area contributed by atoms with E-state index in [1.54, 1.807) is 0 Å². The van der Waals surface area contributed by atoms with Crippen LogP contribution >= 0.6 is 12.6 Å². The molecule has 1 rings (SSSR count). The highest BCUT2D eigenvalue weighted by Gasteiger charge is 2.28. The maximum atomic E-state index is 11.8. The minimum absolute atomic E-state index is 0.0314. The minimum Gasteiger partial charge on any atom is -0.368 e. The van der Waals surface area contributed by atoms with E-state index < -0.39 is 18.0 Å². The number of amides is 3. The largest absolute Gasteiger partial charge is 0.368 e. The van der Waals surface area contributed by atoms with E-state index in [1.807, 2.05) is 0 Å². The molecule has 0 spiro atoms. The molecule has 0 aliphatic heterocycles. The predicted octanol–water partition coefficient (Wildman–Crippen LogP) is -0.700. The summed E-state index contributed by atoms with van der Waals surface area (Å²) >= 11 is 3.95. The van der Waals surface area contributed by atoms with Crippen LogP contribution < -0.4 is 22.1 Å². The minimum atomic E-state index is -0.636. The fraction of sp³-hybridized carbons (Fsp3) is 0.786. The van der Waals surface area contributed by atoms with Gasteiger partial charge in [0.2, 0.25) is 17.7 Å². The average molecular weight is 330 g/mol. The molecule has 1 saturated carbocycles. The topological polar surface area (TPSA) is 127 Å². The SMILES string of the molecule is NC(=O)C(CCCCNC(=O)C(N)CS)NC(=O)C1CCC1. The van der Waals surface area contributed by atoms with Crippen molar-refractivity contribution in [2.75, 3.05) is 12.3 Å². The van der Waals surface area contributed by atoms with Crippen molar-refractivity contribution in [3.63, 3.8) is 0 Å². The highest BCUT2D eigenvalue weighted by atomic mass is 32.1. The molecule has 1 fully saturated rings. The number of hydrogen-bond acceptors (Lipinski definition) is 5. The summed E-state index contributed by atoms with van der Waals surface area (Å²) in [6, 6.07) is -1.24. The Morgan fingerprint density at radius 1 is 1.23 bits per heavy atom. The van der Waals surface area contributed by atoms with Crippen LogP contribution in [0.1, 0.15) is 38.5 Å². The smallest absolute Gasteiger partial charge is 0.239 e. The van der Waals surface area contributed by atoms with Crippen molar-refractivity contribution >= 4 is 30.4 Å². The molecule has 2 unspecified atom stereocenters. The fourth-order valence-corrected chi connectivity index (χ4v) is 2.31. The molecular weight excluding hydrogens is 304 g/mol. The summed E-state index contributed by atoms with van der Waals surface area (Å²) in [6.45, 7) is 0.475. The number of unbranched alkanes of at least 4 members (excludes halogenated alkanes) is 1. The lowest BCUT2D eigenvalue weighted by Gasteiger charge is -2.26. The van der Waals surface area contributed by atoms with Crippen LogP contribution in [0.25, 0.3) is 0 Å². The third-order valence-electron chi connectivity index (χ3n) is 3.89. The second-order valence-electron chi connectivity index (χ2n) is 5.67. The highest BCUT2D eigenvalue weighted by Crippen LogP contribution is 2.26. The molecule has 0 radical (unpaired) electrons. The van der Waals surface area contributed by atoms with E-state index in [-0.39, 0.29) is 17.7 Å². The molecule has 0 aromatic heterocycles. The van der Waals surface area contributed by atoms with Crippen LogP contribution in [0.15, 0.2) is 0 Å². The van der Waals surface area contributed by atoms with Crippen LogP contribution in [0, 0.1) is 5.92 Å². The zero-order chi connectivity index (χ0) is 16.5. The Kier molecular flexibility index (Phi) is 8.26. The van der Waals surface area contributed by atoms with E-state index in [0.717, 1.165) is 19.3 Å². The first-order valence-corrected chi connectivity index (χ1v) is 8.32. The Morgan fingerprint density at radius 2 is 1.91 bits per heavy atom. The summed E-state index contributed by atoms with van der Waals surface area (Å²) in [4.78, 5) is 34.6. The van der Waals surface area contributed by atoms with Gasteiger partial charge in [0, 0.05) is 18.2 Å². The van der Waals surface area contributed by atoms with Gasteiger partial charge < -0.3 is 22.1 Å². The first-order chi connectivity index (χ1) is 10.5. The number of primary amides is 1. The molecule has 2 atom stereocenters. The summed E-state index contributed by atoms with van der Waals surface area (Å²) in [5.41, 5.74) is 10.8. The van der Waals surface area contributed by atoms with E-state index in [9.17, 15) is 14.4 Å². The van der Waals surface area contributed by atoms with Crippen molar-refractivity contribution in [3.8, 4) is 0 Å². The Balaban J connectivity index is 2.20. The molecule has 0 bridgehead atoms. The molecule has 6 N–H and O–H groups in total. The summed E-state index contributed by atoms with van der Waals surface area (Å²) in [6.07, 6.45) is 4.67. The lowest BCUT2D eigenvalue weighted by Crippen LogP contribution is -2.47. The zero-order valence-electron chi connectivity index (χ0n) is 12.7. The number of carbonyl (C=O) groups excluding carboxylic acids is 3. The quantitative estimate of drug-likeness (QED) is 0.268. The normalized spacial score (nSPS) is 17.2. The third kappa shape index (κ3) is 6.23. The van der Waals surface area contributed by atoms with Crippen molar-refractivity contribution in [1.29, 1.82) is 0 Å². The summed E-state index contributed by atoms with van der Waals surface area (Å²) in [7, 11) is 0. The molecule has 0 heterocycles. The first-order valence-electron chi connectivity index (χ1n) is 7.69. The van der Waals surface area contributed by atoms with Crippen LogP contribution in [-0.4, -0.2) is 42.1 Å². The van der Waals surface area contributed by atoms with Crippen LogP contribution in [0.2, 0.25) is 0 Å². The average Bonchev–Trinajstić information content (AvgIpc) is 2.42. The Morgan fingerprint density at radius 3 is 2.41 bits per heavy atom. The van der Waals surface area contributed by atoms with Gasteiger partial charge in [0.1, 0.15) is 6.04 Å². The number of carbonyl (C=O) groups is 3. The lowest BCUT2D eigenvalue weighted by atomic mass is 9.84. The molecule has 3 amide bonds. The van der Waals surface area contributed by atoms with Gasteiger partial charge in [0.15, 0.2) is 0 Å². The van der Waals surface area contributed by atoms with Crippen LogP contribution in [0.3, 0.4) is 0 Å². The van der Waals surface area contributed by atoms with Gasteiger partial charge in [-0.05, 0) is 32.1 Å². The van der Waals surface area contributed by atoms with Crippen molar-refractivity contribution in [2.45, 2.75) is 50.6 Å². The van der Waals surface area contributed by atoms with Gasteiger partial charge in [-0.1, -0.05) is 6.42 Å². The Hall–Kier alpha value is -1.28. The van der Waals surface area contributed by atoms with Crippen LogP contribution in [0.4, 0.5) is 0 Å². The molecule has 1 aliphatic carbocycles. The number of nitrogens with two attached hydrogens (primary N) is 2. The number of hydrogen-bond donors (Lipinski definition) is 5. The van der Waals surface area contributed by atoms with Gasteiger partial charge >= 0.3 is 0 Å². The summed E-state index contributed by atoms with van der Waals surface area (Å²) in [5, 5.41) is 5.41. The molecule has 0 aromatic rings. The molecule has 22 heavy (non-hydrogen) atoms. The van der Waals surface area contributed by atoms with Crippen molar-refractivity contribution < 1.29 is 14.4 Å². The standard InChI is InChI=1S/C14H26N4O3S/c15-10(8-22)14(21)17-7-2-1-6-11(12(16)19)18-13(20)9-4-3-5-9/h9-11,22H,1-8,15H2,(H2,16,19)(H,17,21)(H,18,20). The summed E-state index contributed by atoms with van der Waals surface area (Å²) in [5.74, 6) is -0.511. The van der Waals surface area contributed by atoms with Crippen molar-refractivity contribution in [1.82, 2.24) is 10.6 Å². The molecule has 0 aromatic carbocycles. The molecule has 8 heteroatoms. The molecule has 1 aliphatic rings. The number of nitrogens with one attached hydrogen (secondary N) is 2. The van der Waals surface area contributed by atoms with Crippen LogP contribution in [0.5, 0.6) is 0 Å². The molecule has 0 saturated heterocycles. The molecular formula is C14H26N4O3S. The number of rotatable bonds is 10. The van der Waals surface area contributed by atoms with E-state index in [1.165, 1.54) is 0 Å². The second kappa shape index (κ2) is 9.68. The fourth-order valence-electron chi connectivity index (χ4n) is 2.14. The Bertz CT molecular complexity index is 402. The van der Waals surface area contributed by atoms with Gasteiger partial charge in [-0.3, -0.25) is 14.4 Å². The Labute approximate surface area is 136 Å². The van der Waals surface area contributed by atoms with E-state index in [2.05, 4.69) is 23.3 Å². The van der Waals surface area contributed by atoms with Crippen LogP contribution in [-0.2, 0) is 14.4 Å². The van der Waals surface area contributed by atoms with E-state index >= 15 is 0 Å². The van der Waals surface area contributed by atoms with Crippen molar-refractivity contribution in [2.24, 2.45) is 17.4 Å². The van der Waals surface area contributed by atoms with Crippen molar-refractivity contribution in [3.05, 3.63) is 0 Å². The van der Waals surface area contributed by atoms with E-state index in [4.69, 9.17) is 11.5 Å². The van der Waals surface area contributed by atoms with E-state index in [0.29, 0.717) is 31.6 Å². The van der Waals surface area contributed by atoms with Gasteiger partial charge in [-0.25, -0.2) is 0 Å².